The van der Waals surface area contributed by atoms with Gasteiger partial charge in [-0.3, -0.25) is 14.4 Å². The second-order valence-electron chi connectivity index (χ2n) is 15.0. The van der Waals surface area contributed by atoms with Gasteiger partial charge in [-0.05, 0) is 96.5 Å². The Morgan fingerprint density at radius 2 is 0.896 bits per heavy atom. The number of benzene rings is 6. The smallest absolute Gasteiger partial charge is 0.338 e. The van der Waals surface area contributed by atoms with Crippen molar-refractivity contribution in [2.24, 2.45) is 5.73 Å². The molecule has 0 fully saturated rings. The van der Waals surface area contributed by atoms with E-state index in [1.165, 1.54) is 6.08 Å². The van der Waals surface area contributed by atoms with Gasteiger partial charge in [0.1, 0.15) is 0 Å². The fourth-order valence-corrected chi connectivity index (χ4v) is 6.37. The van der Waals surface area contributed by atoms with Crippen molar-refractivity contribution in [3.63, 3.8) is 0 Å². The first kappa shape index (κ1) is 51.6. The van der Waals surface area contributed by atoms with Crippen molar-refractivity contribution in [3.8, 4) is 0 Å². The van der Waals surface area contributed by atoms with Crippen LogP contribution in [0.1, 0.15) is 67.9 Å². The normalized spacial score (nSPS) is 11.4. The molecule has 0 saturated heterocycles. The van der Waals surface area contributed by atoms with Crippen LogP contribution in [-0.2, 0) is 54.3 Å². The number of ether oxygens (including phenoxy) is 2. The maximum atomic E-state index is 13.1. The van der Waals surface area contributed by atoms with Crippen molar-refractivity contribution in [2.45, 2.75) is 51.6 Å². The quantitative estimate of drug-likeness (QED) is 0.0526. The Hall–Kier alpha value is -8.02. The number of esters is 2. The molecule has 0 aromatic heterocycles. The number of carboxylic acid groups (broad SMARTS) is 1. The van der Waals surface area contributed by atoms with E-state index in [4.69, 9.17) is 20.3 Å². The zero-order valence-corrected chi connectivity index (χ0v) is 37.7. The first-order valence-electron chi connectivity index (χ1n) is 21.8. The molecule has 6 aromatic carbocycles. The summed E-state index contributed by atoms with van der Waals surface area (Å²) in [5.41, 5.74) is 12.3. The van der Waals surface area contributed by atoms with Gasteiger partial charge in [-0.1, -0.05) is 146 Å². The Balaban J connectivity index is 0.000000248. The first-order chi connectivity index (χ1) is 32.4. The number of nitrogens with one attached hydrogen (secondary N) is 1. The minimum atomic E-state index is -0.922. The molecule has 0 saturated carbocycles. The van der Waals surface area contributed by atoms with E-state index in [1.807, 2.05) is 121 Å². The van der Waals surface area contributed by atoms with Gasteiger partial charge in [-0.2, -0.15) is 0 Å². The highest BCUT2D eigenvalue weighted by Gasteiger charge is 2.21. The number of amides is 1. The highest BCUT2D eigenvalue weighted by molar-refractivity contribution is 5.97. The molecule has 0 bridgehead atoms. The van der Waals surface area contributed by atoms with Gasteiger partial charge in [-0.15, -0.1) is 0 Å². The molecule has 67 heavy (non-hydrogen) atoms. The second-order valence-corrected chi connectivity index (χ2v) is 15.0. The zero-order chi connectivity index (χ0) is 48.2. The van der Waals surface area contributed by atoms with Gasteiger partial charge < -0.3 is 25.6 Å². The fraction of sp³-hybridized carbons (Fsp3) is 0.179. The van der Waals surface area contributed by atoms with E-state index in [1.54, 1.807) is 74.5 Å². The van der Waals surface area contributed by atoms with Crippen LogP contribution in [0.3, 0.4) is 0 Å². The third kappa shape index (κ3) is 19.7. The molecular weight excluding hydrogens is 845 g/mol. The lowest BCUT2D eigenvalue weighted by atomic mass is 9.97. The zero-order valence-electron chi connectivity index (χ0n) is 37.7. The number of hydrogen-bond acceptors (Lipinski definition) is 9. The third-order valence-corrected chi connectivity index (χ3v) is 9.83. The molecule has 2 atom stereocenters. The minimum Gasteiger partial charge on any atom is -0.478 e. The number of hydrogen-bond donors (Lipinski definition) is 3. The van der Waals surface area contributed by atoms with Crippen LogP contribution >= 0.6 is 0 Å². The Labute approximate surface area is 392 Å². The van der Waals surface area contributed by atoms with E-state index in [2.05, 4.69) is 5.32 Å². The Kier molecular flexibility index (Phi) is 22.1. The number of Topliss-reactive ketones (excluding diaryl/α,β-unsaturated/α-hetero) is 2. The molecule has 0 aliphatic carbocycles. The summed E-state index contributed by atoms with van der Waals surface area (Å²) < 4.78 is 9.92. The van der Waals surface area contributed by atoms with E-state index in [0.29, 0.717) is 37.2 Å². The first-order valence-corrected chi connectivity index (χ1v) is 21.8. The van der Waals surface area contributed by atoms with Gasteiger partial charge in [0.2, 0.25) is 5.91 Å². The predicted molar refractivity (Wildman–Crippen MR) is 261 cm³/mol. The molecule has 0 unspecified atom stereocenters. The highest BCUT2D eigenvalue weighted by atomic mass is 16.5. The van der Waals surface area contributed by atoms with Crippen LogP contribution in [0.2, 0.25) is 0 Å². The summed E-state index contributed by atoms with van der Waals surface area (Å²) in [5.74, 6) is -2.12. The highest BCUT2D eigenvalue weighted by Crippen LogP contribution is 2.13. The molecule has 6 aromatic rings. The van der Waals surface area contributed by atoms with Crippen LogP contribution < -0.4 is 11.1 Å². The largest absolute Gasteiger partial charge is 0.478 e. The van der Waals surface area contributed by atoms with Gasteiger partial charge in [0.25, 0.3) is 0 Å². The average Bonchev–Trinajstić information content (AvgIpc) is 3.35. The number of carboxylic acids is 1. The molecule has 4 N–H and O–H groups in total. The van der Waals surface area contributed by atoms with E-state index in [9.17, 15) is 28.8 Å². The van der Waals surface area contributed by atoms with E-state index < -0.39 is 24.0 Å². The standard InChI is InChI=1S/C28H27NO4.C19H21NO3.C9H8O2/c1-2-33-28(32)24-16-13-23(14-17-24)20-26(30)25(19-22-11-7-4-8-12-22)29-27(31)18-15-21-9-5-3-6-10-21;1-2-23-19(22)16-10-8-15(9-11-16)13-18(21)17(20)12-14-6-4-3-5-7-14;10-9(11)7-6-8-4-2-1-3-5-8/h3-18,25H,2,19-20H2,1H3,(H,29,31);3-11,17H,2,12-13,20H2,1H3;1-7H,(H,10,11)/b18-15-;;7-6-/t25-;17-;/m00./s1. The second kappa shape index (κ2) is 28.7. The van der Waals surface area contributed by atoms with Crippen molar-refractivity contribution in [1.82, 2.24) is 5.32 Å². The lowest BCUT2D eigenvalue weighted by Gasteiger charge is -2.17. The van der Waals surface area contributed by atoms with Gasteiger partial charge in [0.05, 0.1) is 36.4 Å². The van der Waals surface area contributed by atoms with Gasteiger partial charge in [-0.25, -0.2) is 14.4 Å². The van der Waals surface area contributed by atoms with Crippen LogP contribution in [0.5, 0.6) is 0 Å². The maximum absolute atomic E-state index is 13.1. The monoisotopic (exact) mass is 900 g/mol. The van der Waals surface area contributed by atoms with Gasteiger partial charge in [0, 0.05) is 25.0 Å². The molecule has 0 aliphatic heterocycles. The van der Waals surface area contributed by atoms with Crippen molar-refractivity contribution < 1.29 is 43.3 Å². The molecule has 0 heterocycles. The number of ketones is 2. The SMILES string of the molecule is CCOC(=O)c1ccc(CC(=O)[C@@H](N)Cc2ccccc2)cc1.CCOC(=O)c1ccc(CC(=O)[C@H](Cc2ccccc2)NC(=O)/C=C\c2ccccc2)cc1.O=C(O)/C=C\c1ccccc1. The van der Waals surface area contributed by atoms with Crippen LogP contribution in [0.25, 0.3) is 12.2 Å². The Morgan fingerprint density at radius 3 is 1.31 bits per heavy atom. The Bertz CT molecular complexity index is 2530. The number of aliphatic carboxylic acids is 1. The number of rotatable bonds is 19. The summed E-state index contributed by atoms with van der Waals surface area (Å²) in [7, 11) is 0. The lowest BCUT2D eigenvalue weighted by Crippen LogP contribution is -2.42. The van der Waals surface area contributed by atoms with Crippen molar-refractivity contribution >= 4 is 47.5 Å². The lowest BCUT2D eigenvalue weighted by molar-refractivity contribution is -0.131. The summed E-state index contributed by atoms with van der Waals surface area (Å²) in [6.45, 7) is 4.16. The molecule has 344 valence electrons. The molecule has 11 nitrogen and oxygen atoms in total. The molecule has 1 amide bonds. The van der Waals surface area contributed by atoms with Crippen LogP contribution in [0, 0.1) is 0 Å². The average molecular weight is 901 g/mol. The van der Waals surface area contributed by atoms with E-state index in [0.717, 1.165) is 39.5 Å². The predicted octanol–water partition coefficient (Wildman–Crippen LogP) is 8.75. The minimum absolute atomic E-state index is 0.0160. The van der Waals surface area contributed by atoms with E-state index in [-0.39, 0.29) is 36.3 Å². The molecular formula is C56H56N2O9. The summed E-state index contributed by atoms with van der Waals surface area (Å²) >= 11 is 0. The van der Waals surface area contributed by atoms with Crippen molar-refractivity contribution in [2.75, 3.05) is 13.2 Å². The van der Waals surface area contributed by atoms with Crippen LogP contribution in [0.15, 0.2) is 182 Å². The molecule has 0 spiro atoms. The summed E-state index contributed by atoms with van der Waals surface area (Å²) in [6.07, 6.45) is 7.16. The van der Waals surface area contributed by atoms with E-state index >= 15 is 0 Å². The summed E-state index contributed by atoms with van der Waals surface area (Å²) in [5, 5.41) is 11.1. The fourth-order valence-electron chi connectivity index (χ4n) is 6.37. The third-order valence-electron chi connectivity index (χ3n) is 9.83. The molecule has 6 rings (SSSR count). The van der Waals surface area contributed by atoms with Gasteiger partial charge >= 0.3 is 17.9 Å². The number of carbonyl (C=O) groups excluding carboxylic acids is 5. The van der Waals surface area contributed by atoms with Crippen LogP contribution in [0.4, 0.5) is 0 Å². The molecule has 0 aliphatic rings. The summed E-state index contributed by atoms with van der Waals surface area (Å²) in [6, 6.07) is 50.5. The summed E-state index contributed by atoms with van der Waals surface area (Å²) in [4.78, 5) is 71.4. The van der Waals surface area contributed by atoms with Crippen LogP contribution in [-0.4, -0.2) is 65.8 Å². The van der Waals surface area contributed by atoms with Crippen molar-refractivity contribution in [1.29, 1.82) is 0 Å². The number of carbonyl (C=O) groups is 6. The topological polar surface area (TPSA) is 179 Å². The van der Waals surface area contributed by atoms with Gasteiger partial charge in [0.15, 0.2) is 11.6 Å². The molecule has 0 radical (unpaired) electrons. The molecule has 11 heteroatoms. The van der Waals surface area contributed by atoms with Crippen molar-refractivity contribution in [3.05, 3.63) is 227 Å². The maximum Gasteiger partial charge on any atom is 0.338 e. The number of nitrogens with two attached hydrogens (primary N) is 1. The Morgan fingerprint density at radius 1 is 0.507 bits per heavy atom.